The van der Waals surface area contributed by atoms with Crippen molar-refractivity contribution < 1.29 is 18.7 Å². The van der Waals surface area contributed by atoms with E-state index in [1.165, 1.54) is 4.90 Å². The average Bonchev–Trinajstić information content (AvgIpc) is 3.03. The zero-order chi connectivity index (χ0) is 15.5. The summed E-state index contributed by atoms with van der Waals surface area (Å²) in [5, 5.41) is 2.76. The third-order valence-electron chi connectivity index (χ3n) is 3.45. The SMILES string of the molecule is CC1Oc2ccccc2N(CC(=O)NCc2ccoc2)C1=O. The predicted molar refractivity (Wildman–Crippen MR) is 79.4 cm³/mol. The van der Waals surface area contributed by atoms with Crippen LogP contribution in [0, 0.1) is 0 Å². The molecule has 0 spiro atoms. The smallest absolute Gasteiger partial charge is 0.268 e. The highest BCUT2D eigenvalue weighted by atomic mass is 16.5. The van der Waals surface area contributed by atoms with Gasteiger partial charge in [0, 0.05) is 12.1 Å². The van der Waals surface area contributed by atoms with Gasteiger partial charge in [0.05, 0.1) is 18.2 Å². The molecule has 1 atom stereocenters. The molecule has 3 rings (SSSR count). The second-order valence-corrected chi connectivity index (χ2v) is 5.06. The van der Waals surface area contributed by atoms with Crippen molar-refractivity contribution >= 4 is 17.5 Å². The lowest BCUT2D eigenvalue weighted by Crippen LogP contribution is -2.48. The summed E-state index contributed by atoms with van der Waals surface area (Å²) in [5.41, 5.74) is 1.49. The van der Waals surface area contributed by atoms with Crippen molar-refractivity contribution in [2.45, 2.75) is 19.6 Å². The van der Waals surface area contributed by atoms with Crippen LogP contribution in [-0.4, -0.2) is 24.5 Å². The van der Waals surface area contributed by atoms with Gasteiger partial charge in [-0.15, -0.1) is 0 Å². The molecule has 1 aromatic carbocycles. The second-order valence-electron chi connectivity index (χ2n) is 5.06. The van der Waals surface area contributed by atoms with Crippen LogP contribution < -0.4 is 15.0 Å². The first-order valence-electron chi connectivity index (χ1n) is 7.00. The number of hydrogen-bond acceptors (Lipinski definition) is 4. The van der Waals surface area contributed by atoms with Crippen LogP contribution in [0.15, 0.2) is 47.3 Å². The molecule has 1 aromatic heterocycles. The Bertz CT molecular complexity index is 681. The van der Waals surface area contributed by atoms with Crippen LogP contribution >= 0.6 is 0 Å². The number of nitrogens with one attached hydrogen (secondary N) is 1. The number of amides is 2. The number of carbonyl (C=O) groups excluding carboxylic acids is 2. The minimum absolute atomic E-state index is 0.0403. The van der Waals surface area contributed by atoms with Gasteiger partial charge in [0.1, 0.15) is 12.3 Å². The summed E-state index contributed by atoms with van der Waals surface area (Å²) in [7, 11) is 0. The molecule has 0 saturated carbocycles. The summed E-state index contributed by atoms with van der Waals surface area (Å²) in [6.07, 6.45) is 2.51. The van der Waals surface area contributed by atoms with Gasteiger partial charge in [-0.25, -0.2) is 0 Å². The molecule has 22 heavy (non-hydrogen) atoms. The highest BCUT2D eigenvalue weighted by molar-refractivity contribution is 6.03. The highest BCUT2D eigenvalue weighted by Crippen LogP contribution is 2.33. The van der Waals surface area contributed by atoms with Crippen LogP contribution in [0.3, 0.4) is 0 Å². The molecule has 6 nitrogen and oxygen atoms in total. The van der Waals surface area contributed by atoms with Crippen molar-refractivity contribution in [1.29, 1.82) is 0 Å². The van der Waals surface area contributed by atoms with Gasteiger partial charge in [-0.2, -0.15) is 0 Å². The lowest BCUT2D eigenvalue weighted by atomic mass is 10.2. The molecule has 6 heteroatoms. The minimum Gasteiger partial charge on any atom is -0.479 e. The summed E-state index contributed by atoms with van der Waals surface area (Å²) in [5.74, 6) is 0.146. The number of para-hydroxylation sites is 2. The third-order valence-corrected chi connectivity index (χ3v) is 3.45. The fourth-order valence-electron chi connectivity index (χ4n) is 2.32. The van der Waals surface area contributed by atoms with Crippen molar-refractivity contribution in [2.24, 2.45) is 0 Å². The standard InChI is InChI=1S/C16H16N2O4/c1-11-16(20)18(13-4-2-3-5-14(13)22-11)9-15(19)17-8-12-6-7-21-10-12/h2-7,10-11H,8-9H2,1H3,(H,17,19). The maximum atomic E-state index is 12.3. The Labute approximate surface area is 127 Å². The van der Waals surface area contributed by atoms with Crippen molar-refractivity contribution in [3.63, 3.8) is 0 Å². The van der Waals surface area contributed by atoms with Gasteiger partial charge in [0.15, 0.2) is 6.10 Å². The number of hydrogen-bond donors (Lipinski definition) is 1. The van der Waals surface area contributed by atoms with Gasteiger partial charge < -0.3 is 14.5 Å². The van der Waals surface area contributed by atoms with E-state index >= 15 is 0 Å². The van der Waals surface area contributed by atoms with Crippen molar-refractivity contribution in [3.8, 4) is 5.75 Å². The second kappa shape index (κ2) is 5.93. The number of furan rings is 1. The Morgan fingerprint density at radius 2 is 2.14 bits per heavy atom. The van der Waals surface area contributed by atoms with Gasteiger partial charge in [0.2, 0.25) is 5.91 Å². The average molecular weight is 300 g/mol. The molecule has 2 amide bonds. The lowest BCUT2D eigenvalue weighted by molar-refractivity contribution is -0.128. The molecule has 0 radical (unpaired) electrons. The van der Waals surface area contributed by atoms with Crippen LogP contribution in [0.4, 0.5) is 5.69 Å². The number of ether oxygens (including phenoxy) is 1. The zero-order valence-electron chi connectivity index (χ0n) is 12.1. The lowest BCUT2D eigenvalue weighted by Gasteiger charge is -2.32. The molecule has 0 fully saturated rings. The van der Waals surface area contributed by atoms with Gasteiger partial charge >= 0.3 is 0 Å². The molecule has 0 saturated heterocycles. The normalized spacial score (nSPS) is 16.9. The maximum Gasteiger partial charge on any atom is 0.268 e. The van der Waals surface area contributed by atoms with Gasteiger partial charge in [-0.1, -0.05) is 12.1 Å². The zero-order valence-corrected chi connectivity index (χ0v) is 12.1. The fraction of sp³-hybridized carbons (Fsp3) is 0.250. The van der Waals surface area contributed by atoms with E-state index in [-0.39, 0.29) is 18.4 Å². The Morgan fingerprint density at radius 1 is 1.32 bits per heavy atom. The summed E-state index contributed by atoms with van der Waals surface area (Å²) >= 11 is 0. The summed E-state index contributed by atoms with van der Waals surface area (Å²) in [6, 6.07) is 8.97. The first-order valence-corrected chi connectivity index (χ1v) is 7.00. The Morgan fingerprint density at radius 3 is 2.91 bits per heavy atom. The van der Waals surface area contributed by atoms with Crippen LogP contribution in [0.25, 0.3) is 0 Å². The van der Waals surface area contributed by atoms with E-state index in [2.05, 4.69) is 5.32 Å². The van der Waals surface area contributed by atoms with Gasteiger partial charge in [-0.3, -0.25) is 14.5 Å². The summed E-state index contributed by atoms with van der Waals surface area (Å²) in [6.45, 7) is 2.00. The van der Waals surface area contributed by atoms with Crippen LogP contribution in [0.1, 0.15) is 12.5 Å². The summed E-state index contributed by atoms with van der Waals surface area (Å²) in [4.78, 5) is 25.8. The molecule has 0 aliphatic carbocycles. The van der Waals surface area contributed by atoms with Crippen LogP contribution in [-0.2, 0) is 16.1 Å². The maximum absolute atomic E-state index is 12.3. The Hall–Kier alpha value is -2.76. The van der Waals surface area contributed by atoms with E-state index in [0.29, 0.717) is 18.0 Å². The van der Waals surface area contributed by atoms with Gasteiger partial charge in [0.25, 0.3) is 5.91 Å². The molecule has 1 unspecified atom stereocenters. The molecule has 2 heterocycles. The molecule has 114 valence electrons. The molecular formula is C16H16N2O4. The molecule has 0 bridgehead atoms. The van der Waals surface area contributed by atoms with Crippen LogP contribution in [0.2, 0.25) is 0 Å². The van der Waals surface area contributed by atoms with Gasteiger partial charge in [-0.05, 0) is 25.1 Å². The first-order chi connectivity index (χ1) is 10.6. The van der Waals surface area contributed by atoms with Crippen molar-refractivity contribution in [3.05, 3.63) is 48.4 Å². The summed E-state index contributed by atoms with van der Waals surface area (Å²) < 4.78 is 10.5. The van der Waals surface area contributed by atoms with E-state index in [1.54, 1.807) is 37.6 Å². The molecule has 1 aliphatic rings. The number of carbonyl (C=O) groups is 2. The number of nitrogens with zero attached hydrogens (tertiary/aromatic N) is 1. The number of benzene rings is 1. The van der Waals surface area contributed by atoms with E-state index < -0.39 is 6.10 Å². The van der Waals surface area contributed by atoms with E-state index in [4.69, 9.17) is 9.15 Å². The molecular weight excluding hydrogens is 284 g/mol. The van der Waals surface area contributed by atoms with Crippen molar-refractivity contribution in [1.82, 2.24) is 5.32 Å². The molecule has 1 N–H and O–H groups in total. The number of fused-ring (bicyclic) bond motifs is 1. The minimum atomic E-state index is -0.600. The van der Waals surface area contributed by atoms with E-state index in [9.17, 15) is 9.59 Å². The quantitative estimate of drug-likeness (QED) is 0.933. The van der Waals surface area contributed by atoms with Crippen LogP contribution in [0.5, 0.6) is 5.75 Å². The fourth-order valence-corrected chi connectivity index (χ4v) is 2.32. The van der Waals surface area contributed by atoms with E-state index in [1.807, 2.05) is 12.1 Å². The molecule has 2 aromatic rings. The predicted octanol–water partition coefficient (Wildman–Crippen LogP) is 1.71. The highest BCUT2D eigenvalue weighted by Gasteiger charge is 2.32. The van der Waals surface area contributed by atoms with E-state index in [0.717, 1.165) is 5.56 Å². The topological polar surface area (TPSA) is 71.8 Å². The number of anilines is 1. The number of rotatable bonds is 4. The largest absolute Gasteiger partial charge is 0.479 e. The Kier molecular flexibility index (Phi) is 3.82. The Balaban J connectivity index is 1.70. The molecule has 1 aliphatic heterocycles. The van der Waals surface area contributed by atoms with Crippen molar-refractivity contribution in [2.75, 3.05) is 11.4 Å². The monoisotopic (exact) mass is 300 g/mol. The first kappa shape index (κ1) is 14.2. The third kappa shape index (κ3) is 2.81.